The van der Waals surface area contributed by atoms with Gasteiger partial charge in [0.25, 0.3) is 5.91 Å². The van der Waals surface area contributed by atoms with E-state index in [-0.39, 0.29) is 24.1 Å². The summed E-state index contributed by atoms with van der Waals surface area (Å²) >= 11 is 0. The lowest BCUT2D eigenvalue weighted by atomic mass is 10.1. The van der Waals surface area contributed by atoms with Crippen LogP contribution in [0, 0.1) is 5.82 Å². The molecular formula is C22H18FN3O2. The van der Waals surface area contributed by atoms with Crippen LogP contribution in [0.1, 0.15) is 21.5 Å². The molecule has 2 aromatic carbocycles. The summed E-state index contributed by atoms with van der Waals surface area (Å²) in [6, 6.07) is 14.8. The minimum Gasteiger partial charge on any atom is -0.326 e. The molecule has 6 heteroatoms. The third kappa shape index (κ3) is 3.76. The van der Waals surface area contributed by atoms with E-state index in [1.54, 1.807) is 41.6 Å². The molecule has 0 saturated heterocycles. The normalized spacial score (nSPS) is 12.5. The van der Waals surface area contributed by atoms with Crippen LogP contribution in [0.4, 0.5) is 15.8 Å². The quantitative estimate of drug-likeness (QED) is 0.758. The number of carbonyl (C=O) groups excluding carboxylic acids is 2. The molecule has 140 valence electrons. The number of rotatable bonds is 4. The zero-order chi connectivity index (χ0) is 19.5. The molecule has 0 bridgehead atoms. The molecule has 4 rings (SSSR count). The number of carbonyl (C=O) groups is 2. The molecule has 0 unspecified atom stereocenters. The lowest BCUT2D eigenvalue weighted by Gasteiger charge is -2.18. The van der Waals surface area contributed by atoms with Crippen molar-refractivity contribution in [3.8, 4) is 0 Å². The lowest BCUT2D eigenvalue weighted by molar-refractivity contribution is -0.115. The zero-order valence-electron chi connectivity index (χ0n) is 15.1. The molecule has 2 heterocycles. The van der Waals surface area contributed by atoms with E-state index < -0.39 is 0 Å². The van der Waals surface area contributed by atoms with E-state index in [1.165, 1.54) is 12.1 Å². The maximum atomic E-state index is 13.0. The van der Waals surface area contributed by atoms with Gasteiger partial charge in [-0.05, 0) is 53.9 Å². The SMILES string of the molecule is O=C(Cc1ccc(F)cc1)Nc1ccc2c(c1)N(C(=O)c1ccncc1)CC2. The third-order valence-electron chi connectivity index (χ3n) is 4.71. The smallest absolute Gasteiger partial charge is 0.258 e. The average Bonchev–Trinajstić information content (AvgIpc) is 3.13. The molecule has 0 fully saturated rings. The highest BCUT2D eigenvalue weighted by Gasteiger charge is 2.26. The van der Waals surface area contributed by atoms with Crippen LogP contribution in [0.25, 0.3) is 0 Å². The first-order valence-electron chi connectivity index (χ1n) is 8.99. The fourth-order valence-corrected chi connectivity index (χ4v) is 3.31. The van der Waals surface area contributed by atoms with Gasteiger partial charge in [-0.1, -0.05) is 18.2 Å². The second-order valence-corrected chi connectivity index (χ2v) is 6.64. The summed E-state index contributed by atoms with van der Waals surface area (Å²) in [6.45, 7) is 0.601. The Morgan fingerprint density at radius 1 is 1.04 bits per heavy atom. The van der Waals surface area contributed by atoms with Crippen LogP contribution < -0.4 is 10.2 Å². The van der Waals surface area contributed by atoms with Gasteiger partial charge in [-0.2, -0.15) is 0 Å². The van der Waals surface area contributed by atoms with Gasteiger partial charge in [-0.3, -0.25) is 14.6 Å². The third-order valence-corrected chi connectivity index (χ3v) is 4.71. The average molecular weight is 375 g/mol. The Labute approximate surface area is 161 Å². The largest absolute Gasteiger partial charge is 0.326 e. The van der Waals surface area contributed by atoms with E-state index in [2.05, 4.69) is 10.3 Å². The fraction of sp³-hybridized carbons (Fsp3) is 0.136. The van der Waals surface area contributed by atoms with Crippen molar-refractivity contribution in [3.63, 3.8) is 0 Å². The number of benzene rings is 2. The Morgan fingerprint density at radius 3 is 2.54 bits per heavy atom. The van der Waals surface area contributed by atoms with Gasteiger partial charge in [0.15, 0.2) is 0 Å². The molecule has 2 amide bonds. The first kappa shape index (κ1) is 17.9. The van der Waals surface area contributed by atoms with Gasteiger partial charge in [-0.25, -0.2) is 4.39 Å². The van der Waals surface area contributed by atoms with Gasteiger partial charge < -0.3 is 10.2 Å². The van der Waals surface area contributed by atoms with Crippen LogP contribution in [0.5, 0.6) is 0 Å². The maximum Gasteiger partial charge on any atom is 0.258 e. The molecule has 0 spiro atoms. The van der Waals surface area contributed by atoms with E-state index in [4.69, 9.17) is 0 Å². The van der Waals surface area contributed by atoms with Crippen LogP contribution in [0.2, 0.25) is 0 Å². The summed E-state index contributed by atoms with van der Waals surface area (Å²) in [5.74, 6) is -0.616. The number of pyridine rings is 1. The maximum absolute atomic E-state index is 13.0. The second kappa shape index (κ2) is 7.60. The minimum absolute atomic E-state index is 0.0871. The van der Waals surface area contributed by atoms with Crippen molar-refractivity contribution in [1.82, 2.24) is 4.98 Å². The number of fused-ring (bicyclic) bond motifs is 1. The van der Waals surface area contributed by atoms with Crippen LogP contribution in [-0.2, 0) is 17.6 Å². The molecule has 0 radical (unpaired) electrons. The van der Waals surface area contributed by atoms with E-state index in [9.17, 15) is 14.0 Å². The number of hydrogen-bond donors (Lipinski definition) is 1. The number of anilines is 2. The molecule has 5 nitrogen and oxygen atoms in total. The van der Waals surface area contributed by atoms with Crippen molar-refractivity contribution in [3.05, 3.63) is 89.5 Å². The first-order chi connectivity index (χ1) is 13.6. The summed E-state index contributed by atoms with van der Waals surface area (Å²) in [4.78, 5) is 30.8. The first-order valence-corrected chi connectivity index (χ1v) is 8.99. The molecular weight excluding hydrogens is 357 g/mol. The standard InChI is InChI=1S/C22H18FN3O2/c23-18-4-1-15(2-5-18)13-21(27)25-19-6-3-16-9-12-26(20(16)14-19)22(28)17-7-10-24-11-8-17/h1-8,10-11,14H,9,12-13H2,(H,25,27). The van der Waals surface area contributed by atoms with Crippen molar-refractivity contribution >= 4 is 23.2 Å². The molecule has 0 aliphatic carbocycles. The van der Waals surface area contributed by atoms with Crippen molar-refractivity contribution < 1.29 is 14.0 Å². The van der Waals surface area contributed by atoms with Gasteiger partial charge in [-0.15, -0.1) is 0 Å². The highest BCUT2D eigenvalue weighted by molar-refractivity contribution is 6.07. The molecule has 1 N–H and O–H groups in total. The molecule has 1 aromatic heterocycles. The molecule has 0 saturated carbocycles. The highest BCUT2D eigenvalue weighted by Crippen LogP contribution is 2.32. The van der Waals surface area contributed by atoms with Gasteiger partial charge in [0.05, 0.1) is 6.42 Å². The topological polar surface area (TPSA) is 62.3 Å². The Morgan fingerprint density at radius 2 is 1.79 bits per heavy atom. The Hall–Kier alpha value is -3.54. The fourth-order valence-electron chi connectivity index (χ4n) is 3.31. The predicted octanol–water partition coefficient (Wildman–Crippen LogP) is 3.60. The molecule has 0 atom stereocenters. The molecule has 1 aliphatic heterocycles. The second-order valence-electron chi connectivity index (χ2n) is 6.64. The Bertz CT molecular complexity index is 1020. The summed E-state index contributed by atoms with van der Waals surface area (Å²) in [6.07, 6.45) is 4.11. The van der Waals surface area contributed by atoms with Crippen LogP contribution in [0.15, 0.2) is 67.0 Å². The Kier molecular flexibility index (Phi) is 4.85. The van der Waals surface area contributed by atoms with Crippen molar-refractivity contribution in [2.24, 2.45) is 0 Å². The number of aromatic nitrogens is 1. The minimum atomic E-state index is -0.332. The van der Waals surface area contributed by atoms with E-state index in [1.807, 2.05) is 18.2 Å². The van der Waals surface area contributed by atoms with Crippen LogP contribution in [-0.4, -0.2) is 23.3 Å². The molecule has 3 aromatic rings. The zero-order valence-corrected chi connectivity index (χ0v) is 15.1. The van der Waals surface area contributed by atoms with Gasteiger partial charge >= 0.3 is 0 Å². The number of nitrogens with zero attached hydrogens (tertiary/aromatic N) is 2. The van der Waals surface area contributed by atoms with Gasteiger partial charge in [0.2, 0.25) is 5.91 Å². The van der Waals surface area contributed by atoms with Crippen molar-refractivity contribution in [2.75, 3.05) is 16.8 Å². The summed E-state index contributed by atoms with van der Waals surface area (Å²) < 4.78 is 13.0. The molecule has 1 aliphatic rings. The Balaban J connectivity index is 1.49. The van der Waals surface area contributed by atoms with E-state index >= 15 is 0 Å². The molecule has 28 heavy (non-hydrogen) atoms. The van der Waals surface area contributed by atoms with E-state index in [0.29, 0.717) is 17.8 Å². The number of nitrogens with one attached hydrogen (secondary N) is 1. The van der Waals surface area contributed by atoms with Crippen LogP contribution >= 0.6 is 0 Å². The lowest BCUT2D eigenvalue weighted by Crippen LogP contribution is -2.29. The summed E-state index contributed by atoms with van der Waals surface area (Å²) in [5.41, 5.74) is 3.81. The monoisotopic (exact) mass is 375 g/mol. The highest BCUT2D eigenvalue weighted by atomic mass is 19.1. The number of hydrogen-bond acceptors (Lipinski definition) is 3. The van der Waals surface area contributed by atoms with E-state index in [0.717, 1.165) is 23.2 Å². The summed E-state index contributed by atoms with van der Waals surface area (Å²) in [7, 11) is 0. The van der Waals surface area contributed by atoms with Crippen LogP contribution in [0.3, 0.4) is 0 Å². The number of halogens is 1. The predicted molar refractivity (Wildman–Crippen MR) is 105 cm³/mol. The number of amides is 2. The van der Waals surface area contributed by atoms with Gasteiger partial charge in [0.1, 0.15) is 5.82 Å². The van der Waals surface area contributed by atoms with Crippen molar-refractivity contribution in [1.29, 1.82) is 0 Å². The summed E-state index contributed by atoms with van der Waals surface area (Å²) in [5, 5.41) is 2.85. The van der Waals surface area contributed by atoms with Gasteiger partial charge in [0, 0.05) is 35.9 Å². The van der Waals surface area contributed by atoms with Crippen molar-refractivity contribution in [2.45, 2.75) is 12.8 Å².